The molecule has 0 saturated heterocycles. The van der Waals surface area contributed by atoms with Gasteiger partial charge in [0.25, 0.3) is 0 Å². The van der Waals surface area contributed by atoms with E-state index in [1.165, 1.54) is 6.07 Å². The number of nitrogens with one attached hydrogen (secondary N) is 2. The number of halogens is 2. The maximum atomic E-state index is 13.2. The number of carbonyl (C=O) groups is 1. The van der Waals surface area contributed by atoms with Crippen molar-refractivity contribution < 1.29 is 18.3 Å². The number of aliphatic imine (C=N–C) groups is 1. The van der Waals surface area contributed by atoms with Crippen LogP contribution in [0.1, 0.15) is 32.6 Å². The predicted molar refractivity (Wildman–Crippen MR) is 105 cm³/mol. The molecule has 0 aliphatic heterocycles. The smallest absolute Gasteiger partial charge is 0.230 e. The normalized spacial score (nSPS) is 16.0. The van der Waals surface area contributed by atoms with Crippen LogP contribution in [0.3, 0.4) is 0 Å². The van der Waals surface area contributed by atoms with E-state index in [0.717, 1.165) is 37.8 Å². The molecule has 1 aliphatic rings. The molecule has 0 spiro atoms. The summed E-state index contributed by atoms with van der Waals surface area (Å²) in [6.07, 6.45) is 3.79. The highest BCUT2D eigenvalue weighted by atomic mass is 19.2. The summed E-state index contributed by atoms with van der Waals surface area (Å²) in [5, 5.41) is 6.30. The lowest BCUT2D eigenvalue weighted by Gasteiger charge is -2.29. The second-order valence-corrected chi connectivity index (χ2v) is 7.23. The van der Waals surface area contributed by atoms with Crippen molar-refractivity contribution in [2.24, 2.45) is 10.4 Å². The van der Waals surface area contributed by atoms with Crippen molar-refractivity contribution in [3.63, 3.8) is 0 Å². The Bertz CT molecular complexity index is 689. The molecule has 1 amide bonds. The first-order chi connectivity index (χ1) is 13.4. The lowest BCUT2D eigenvalue weighted by atomic mass is 9.85. The van der Waals surface area contributed by atoms with Gasteiger partial charge in [-0.05, 0) is 31.9 Å². The molecule has 0 unspecified atom stereocenters. The van der Waals surface area contributed by atoms with Gasteiger partial charge in [0.15, 0.2) is 17.6 Å². The summed E-state index contributed by atoms with van der Waals surface area (Å²) in [5.41, 5.74) is -0.423. The monoisotopic (exact) mass is 396 g/mol. The van der Waals surface area contributed by atoms with Crippen molar-refractivity contribution in [3.8, 4) is 5.75 Å². The third-order valence-electron chi connectivity index (χ3n) is 4.86. The Kier molecular flexibility index (Phi) is 8.02. The van der Waals surface area contributed by atoms with E-state index in [1.54, 1.807) is 19.0 Å². The number of carbonyl (C=O) groups excluding carboxylic acids is 1. The molecule has 1 aromatic rings. The van der Waals surface area contributed by atoms with Crippen LogP contribution < -0.4 is 15.4 Å². The first kappa shape index (κ1) is 21.9. The van der Waals surface area contributed by atoms with Gasteiger partial charge in [-0.3, -0.25) is 9.79 Å². The molecule has 0 atom stereocenters. The van der Waals surface area contributed by atoms with Crippen molar-refractivity contribution in [3.05, 3.63) is 29.8 Å². The molecule has 156 valence electrons. The summed E-state index contributed by atoms with van der Waals surface area (Å²) >= 11 is 0. The number of hydrogen-bond acceptors (Lipinski definition) is 3. The molecule has 6 nitrogen and oxygen atoms in total. The Morgan fingerprint density at radius 2 is 1.93 bits per heavy atom. The van der Waals surface area contributed by atoms with Crippen molar-refractivity contribution in [2.75, 3.05) is 40.3 Å². The second kappa shape index (κ2) is 10.2. The standard InChI is InChI=1S/C20H30F2N4O2/c1-4-23-19(24-11-12-28-15-7-8-16(21)17(22)13-15)25-14-20(9-5-6-10-20)18(27)26(2)3/h7-8,13H,4-6,9-12,14H2,1-3H3,(H2,23,24,25). The molecule has 1 aliphatic carbocycles. The van der Waals surface area contributed by atoms with E-state index >= 15 is 0 Å². The zero-order valence-corrected chi connectivity index (χ0v) is 16.9. The van der Waals surface area contributed by atoms with Gasteiger partial charge in [-0.25, -0.2) is 8.78 Å². The Hall–Kier alpha value is -2.38. The molecule has 0 bridgehead atoms. The molecule has 2 N–H and O–H groups in total. The number of amides is 1. The van der Waals surface area contributed by atoms with Gasteiger partial charge >= 0.3 is 0 Å². The van der Waals surface area contributed by atoms with Gasteiger partial charge < -0.3 is 20.3 Å². The summed E-state index contributed by atoms with van der Waals surface area (Å²) in [5.74, 6) is -0.836. The third kappa shape index (κ3) is 5.81. The van der Waals surface area contributed by atoms with Gasteiger partial charge in [0.1, 0.15) is 12.4 Å². The topological polar surface area (TPSA) is 66.0 Å². The summed E-state index contributed by atoms with van der Waals surface area (Å²) in [4.78, 5) is 18.9. The van der Waals surface area contributed by atoms with E-state index in [2.05, 4.69) is 15.6 Å². The minimum atomic E-state index is -0.937. The van der Waals surface area contributed by atoms with Gasteiger partial charge in [0.05, 0.1) is 18.5 Å². The molecule has 8 heteroatoms. The van der Waals surface area contributed by atoms with Gasteiger partial charge in [-0.15, -0.1) is 0 Å². The fraction of sp³-hybridized carbons (Fsp3) is 0.600. The molecule has 1 aromatic carbocycles. The van der Waals surface area contributed by atoms with Crippen LogP contribution in [0.25, 0.3) is 0 Å². The zero-order chi connectivity index (χ0) is 20.6. The summed E-state index contributed by atoms with van der Waals surface area (Å²) < 4.78 is 31.6. The number of nitrogens with zero attached hydrogens (tertiary/aromatic N) is 2. The molecular formula is C20H30F2N4O2. The Morgan fingerprint density at radius 1 is 1.21 bits per heavy atom. The maximum absolute atomic E-state index is 13.2. The largest absolute Gasteiger partial charge is 0.492 e. The first-order valence-corrected chi connectivity index (χ1v) is 9.70. The Balaban J connectivity index is 1.90. The lowest BCUT2D eigenvalue weighted by Crippen LogP contribution is -2.43. The highest BCUT2D eigenvalue weighted by Crippen LogP contribution is 2.39. The molecule has 0 radical (unpaired) electrons. The van der Waals surface area contributed by atoms with Crippen molar-refractivity contribution >= 4 is 11.9 Å². The van der Waals surface area contributed by atoms with E-state index in [-0.39, 0.29) is 18.3 Å². The van der Waals surface area contributed by atoms with E-state index in [1.807, 2.05) is 6.92 Å². The van der Waals surface area contributed by atoms with Crippen LogP contribution in [0.15, 0.2) is 23.2 Å². The van der Waals surface area contributed by atoms with Crippen LogP contribution in [0.4, 0.5) is 8.78 Å². The predicted octanol–water partition coefficient (Wildman–Crippen LogP) is 2.55. The second-order valence-electron chi connectivity index (χ2n) is 7.23. The van der Waals surface area contributed by atoms with Gasteiger partial charge in [0, 0.05) is 26.7 Å². The average molecular weight is 396 g/mol. The molecule has 1 fully saturated rings. The highest BCUT2D eigenvalue weighted by Gasteiger charge is 2.42. The van der Waals surface area contributed by atoms with Gasteiger partial charge in [0.2, 0.25) is 5.91 Å². The minimum Gasteiger partial charge on any atom is -0.492 e. The number of benzene rings is 1. The van der Waals surface area contributed by atoms with Crippen molar-refractivity contribution in [1.29, 1.82) is 0 Å². The number of rotatable bonds is 8. The minimum absolute atomic E-state index is 0.131. The Labute approximate surface area is 165 Å². The van der Waals surface area contributed by atoms with E-state index < -0.39 is 17.0 Å². The third-order valence-corrected chi connectivity index (χ3v) is 4.86. The molecule has 28 heavy (non-hydrogen) atoms. The van der Waals surface area contributed by atoms with Crippen molar-refractivity contribution in [2.45, 2.75) is 32.6 Å². The van der Waals surface area contributed by atoms with E-state index in [0.29, 0.717) is 25.6 Å². The molecule has 0 heterocycles. The van der Waals surface area contributed by atoms with Crippen LogP contribution in [0, 0.1) is 17.0 Å². The summed E-state index contributed by atoms with van der Waals surface area (Å²) in [6, 6.07) is 3.44. The maximum Gasteiger partial charge on any atom is 0.230 e. The van der Waals surface area contributed by atoms with Crippen LogP contribution in [0.5, 0.6) is 5.75 Å². The summed E-state index contributed by atoms with van der Waals surface area (Å²) in [7, 11) is 3.57. The highest BCUT2D eigenvalue weighted by molar-refractivity contribution is 5.84. The average Bonchev–Trinajstić information content (AvgIpc) is 3.15. The zero-order valence-electron chi connectivity index (χ0n) is 16.9. The van der Waals surface area contributed by atoms with Gasteiger partial charge in [-0.2, -0.15) is 0 Å². The lowest BCUT2D eigenvalue weighted by molar-refractivity contribution is -0.138. The first-order valence-electron chi connectivity index (χ1n) is 9.70. The van der Waals surface area contributed by atoms with Crippen LogP contribution in [-0.4, -0.2) is 57.1 Å². The van der Waals surface area contributed by atoms with Gasteiger partial charge in [-0.1, -0.05) is 12.8 Å². The van der Waals surface area contributed by atoms with Crippen LogP contribution in [-0.2, 0) is 4.79 Å². The molecule has 0 aromatic heterocycles. The quantitative estimate of drug-likeness (QED) is 0.403. The number of ether oxygens (including phenoxy) is 1. The van der Waals surface area contributed by atoms with E-state index in [4.69, 9.17) is 4.74 Å². The molecular weight excluding hydrogens is 366 g/mol. The van der Waals surface area contributed by atoms with Crippen LogP contribution in [0.2, 0.25) is 0 Å². The fourth-order valence-corrected chi connectivity index (χ4v) is 3.44. The molecule has 2 rings (SSSR count). The SMILES string of the molecule is CCNC(=NCC1(C(=O)N(C)C)CCCC1)NCCOc1ccc(F)c(F)c1. The number of guanidine groups is 1. The van der Waals surface area contributed by atoms with Crippen LogP contribution >= 0.6 is 0 Å². The summed E-state index contributed by atoms with van der Waals surface area (Å²) in [6.45, 7) is 3.77. The fourth-order valence-electron chi connectivity index (χ4n) is 3.44. The van der Waals surface area contributed by atoms with E-state index in [9.17, 15) is 13.6 Å². The Morgan fingerprint density at radius 3 is 2.54 bits per heavy atom. The molecule has 1 saturated carbocycles. The van der Waals surface area contributed by atoms with Crippen molar-refractivity contribution in [1.82, 2.24) is 15.5 Å². The number of hydrogen-bond donors (Lipinski definition) is 2.